The molecule has 1 amide bonds. The molecule has 1 aromatic carbocycles. The number of hydrogen-bond acceptors (Lipinski definition) is 3. The van der Waals surface area contributed by atoms with E-state index in [4.69, 9.17) is 0 Å². The van der Waals surface area contributed by atoms with Crippen LogP contribution in [0.3, 0.4) is 0 Å². The summed E-state index contributed by atoms with van der Waals surface area (Å²) in [5.74, 6) is -0.266. The third kappa shape index (κ3) is 4.01. The molecular formula is C18H27NO3. The molecule has 1 aliphatic carbocycles. The van der Waals surface area contributed by atoms with E-state index in [1.807, 2.05) is 6.92 Å². The number of aryl methyl sites for hydroxylation is 1. The van der Waals surface area contributed by atoms with E-state index in [-0.39, 0.29) is 28.6 Å². The van der Waals surface area contributed by atoms with Gasteiger partial charge in [-0.25, -0.2) is 0 Å². The number of aliphatic hydroxyl groups is 1. The number of hydrogen-bond donors (Lipinski definition) is 3. The molecule has 0 aromatic heterocycles. The van der Waals surface area contributed by atoms with Gasteiger partial charge in [-0.1, -0.05) is 32.4 Å². The lowest BCUT2D eigenvalue weighted by Gasteiger charge is -2.45. The number of carbonyl (C=O) groups is 1. The summed E-state index contributed by atoms with van der Waals surface area (Å²) in [6.07, 6.45) is 2.13. The fraction of sp³-hybridized carbons (Fsp3) is 0.611. The molecule has 0 saturated heterocycles. The van der Waals surface area contributed by atoms with Crippen molar-refractivity contribution in [1.29, 1.82) is 0 Å². The highest BCUT2D eigenvalue weighted by Crippen LogP contribution is 2.45. The summed E-state index contributed by atoms with van der Waals surface area (Å²) in [6, 6.07) is 5.00. The molecule has 1 aromatic rings. The molecule has 0 aliphatic heterocycles. The molecule has 0 unspecified atom stereocenters. The smallest absolute Gasteiger partial charge is 0.255 e. The fourth-order valence-corrected chi connectivity index (χ4v) is 3.93. The van der Waals surface area contributed by atoms with E-state index in [1.165, 1.54) is 0 Å². The van der Waals surface area contributed by atoms with Crippen LogP contribution in [0.1, 0.15) is 56.0 Å². The maximum atomic E-state index is 12.3. The number of phenols is 1. The van der Waals surface area contributed by atoms with Crippen LogP contribution in [0, 0.1) is 17.8 Å². The van der Waals surface area contributed by atoms with Gasteiger partial charge in [0.25, 0.3) is 5.91 Å². The molecule has 0 radical (unpaired) electrons. The minimum absolute atomic E-state index is 0.00254. The van der Waals surface area contributed by atoms with Crippen molar-refractivity contribution in [1.82, 2.24) is 5.32 Å². The Morgan fingerprint density at radius 3 is 2.64 bits per heavy atom. The maximum absolute atomic E-state index is 12.3. The zero-order chi connectivity index (χ0) is 16.5. The van der Waals surface area contributed by atoms with Gasteiger partial charge in [-0.2, -0.15) is 0 Å². The fourth-order valence-electron chi connectivity index (χ4n) is 3.93. The first-order valence-corrected chi connectivity index (χ1v) is 7.86. The number of aliphatic hydroxyl groups excluding tert-OH is 1. The lowest BCUT2D eigenvalue weighted by molar-refractivity contribution is -0.00840. The predicted octanol–water partition coefficient (Wildman–Crippen LogP) is 3.01. The van der Waals surface area contributed by atoms with E-state index in [9.17, 15) is 15.0 Å². The molecule has 0 heterocycles. The molecule has 2 rings (SSSR count). The Kier molecular flexibility index (Phi) is 4.52. The lowest BCUT2D eigenvalue weighted by Crippen LogP contribution is -2.45. The molecule has 0 spiro atoms. The van der Waals surface area contributed by atoms with E-state index in [2.05, 4.69) is 26.1 Å². The van der Waals surface area contributed by atoms with Crippen LogP contribution in [-0.2, 0) is 0 Å². The Balaban J connectivity index is 2.05. The topological polar surface area (TPSA) is 69.6 Å². The quantitative estimate of drug-likeness (QED) is 0.804. The van der Waals surface area contributed by atoms with Crippen molar-refractivity contribution in [3.63, 3.8) is 0 Å². The number of carbonyl (C=O) groups excluding carboxylic acids is 1. The Hall–Kier alpha value is -1.55. The second-order valence-corrected chi connectivity index (χ2v) is 7.92. The summed E-state index contributed by atoms with van der Waals surface area (Å²) in [4.78, 5) is 12.3. The first-order chi connectivity index (χ1) is 10.1. The number of aromatic hydroxyl groups is 1. The number of rotatable bonds is 3. The number of benzene rings is 1. The van der Waals surface area contributed by atoms with Crippen molar-refractivity contribution in [2.24, 2.45) is 10.8 Å². The zero-order valence-electron chi connectivity index (χ0n) is 13.9. The van der Waals surface area contributed by atoms with Gasteiger partial charge in [0.1, 0.15) is 5.75 Å². The Bertz CT molecular complexity index is 567. The van der Waals surface area contributed by atoms with Crippen LogP contribution in [0.25, 0.3) is 0 Å². The molecule has 1 fully saturated rings. The number of phenolic OH excluding ortho intramolecular Hbond substituents is 1. The van der Waals surface area contributed by atoms with Crippen molar-refractivity contribution in [2.75, 3.05) is 6.54 Å². The standard InChI is InChI=1S/C18H27NO3/c1-12-5-6-15(21)14(7-12)16(22)19-11-18(4)9-13(20)8-17(2,3)10-18/h5-7,13,20-21H,8-11H2,1-4H3,(H,19,22)/t13-,18-/m0/s1. The monoisotopic (exact) mass is 305 g/mol. The Morgan fingerprint density at radius 1 is 1.32 bits per heavy atom. The van der Waals surface area contributed by atoms with E-state index in [1.54, 1.807) is 18.2 Å². The summed E-state index contributed by atoms with van der Waals surface area (Å²) >= 11 is 0. The minimum Gasteiger partial charge on any atom is -0.507 e. The van der Waals surface area contributed by atoms with Gasteiger partial charge < -0.3 is 15.5 Å². The molecule has 0 bridgehead atoms. The predicted molar refractivity (Wildman–Crippen MR) is 86.9 cm³/mol. The zero-order valence-corrected chi connectivity index (χ0v) is 13.9. The maximum Gasteiger partial charge on any atom is 0.255 e. The molecule has 3 N–H and O–H groups in total. The number of amides is 1. The van der Waals surface area contributed by atoms with Crippen molar-refractivity contribution < 1.29 is 15.0 Å². The molecule has 4 heteroatoms. The van der Waals surface area contributed by atoms with Gasteiger partial charge in [0, 0.05) is 6.54 Å². The SMILES string of the molecule is Cc1ccc(O)c(C(=O)NC[C@@]2(C)C[C@@H](O)CC(C)(C)C2)c1. The normalized spacial score (nSPS) is 27.4. The van der Waals surface area contributed by atoms with E-state index >= 15 is 0 Å². The van der Waals surface area contributed by atoms with E-state index in [0.29, 0.717) is 18.5 Å². The summed E-state index contributed by atoms with van der Waals surface area (Å²) in [5, 5.41) is 22.8. The first-order valence-electron chi connectivity index (χ1n) is 7.86. The van der Waals surface area contributed by atoms with Gasteiger partial charge in [0.05, 0.1) is 11.7 Å². The van der Waals surface area contributed by atoms with Crippen molar-refractivity contribution in [3.05, 3.63) is 29.3 Å². The van der Waals surface area contributed by atoms with Gasteiger partial charge in [-0.15, -0.1) is 0 Å². The average molecular weight is 305 g/mol. The Morgan fingerprint density at radius 2 is 2.00 bits per heavy atom. The minimum atomic E-state index is -0.321. The third-order valence-electron chi connectivity index (χ3n) is 4.49. The van der Waals surface area contributed by atoms with E-state index < -0.39 is 0 Å². The van der Waals surface area contributed by atoms with Gasteiger partial charge in [-0.3, -0.25) is 4.79 Å². The molecule has 1 saturated carbocycles. The van der Waals surface area contributed by atoms with Gasteiger partial charge in [0.2, 0.25) is 0 Å². The van der Waals surface area contributed by atoms with Crippen LogP contribution in [0.2, 0.25) is 0 Å². The highest BCUT2D eigenvalue weighted by Gasteiger charge is 2.40. The highest BCUT2D eigenvalue weighted by atomic mass is 16.3. The van der Waals surface area contributed by atoms with Crippen molar-refractivity contribution >= 4 is 5.91 Å². The van der Waals surface area contributed by atoms with Crippen molar-refractivity contribution in [3.8, 4) is 5.75 Å². The molecule has 1 aliphatic rings. The van der Waals surface area contributed by atoms with Gasteiger partial charge >= 0.3 is 0 Å². The average Bonchev–Trinajstić information content (AvgIpc) is 2.36. The van der Waals surface area contributed by atoms with Gasteiger partial charge in [0.15, 0.2) is 0 Å². The molecule has 2 atom stereocenters. The molecule has 4 nitrogen and oxygen atoms in total. The number of nitrogens with one attached hydrogen (secondary N) is 1. The highest BCUT2D eigenvalue weighted by molar-refractivity contribution is 5.97. The second-order valence-electron chi connectivity index (χ2n) is 7.92. The molecule has 122 valence electrons. The van der Waals surface area contributed by atoms with Crippen LogP contribution in [0.4, 0.5) is 0 Å². The molecule has 22 heavy (non-hydrogen) atoms. The summed E-state index contributed by atoms with van der Waals surface area (Å²) < 4.78 is 0. The second kappa shape index (κ2) is 5.92. The van der Waals surface area contributed by atoms with Gasteiger partial charge in [-0.05, 0) is 49.1 Å². The third-order valence-corrected chi connectivity index (χ3v) is 4.49. The molecular weight excluding hydrogens is 278 g/mol. The summed E-state index contributed by atoms with van der Waals surface area (Å²) in [6.45, 7) is 8.80. The van der Waals surface area contributed by atoms with E-state index in [0.717, 1.165) is 18.4 Å². The van der Waals surface area contributed by atoms with Crippen LogP contribution in [-0.4, -0.2) is 28.8 Å². The summed E-state index contributed by atoms with van der Waals surface area (Å²) in [7, 11) is 0. The van der Waals surface area contributed by atoms with Crippen LogP contribution < -0.4 is 5.32 Å². The van der Waals surface area contributed by atoms with Crippen LogP contribution >= 0.6 is 0 Å². The van der Waals surface area contributed by atoms with Crippen LogP contribution in [0.15, 0.2) is 18.2 Å². The van der Waals surface area contributed by atoms with Crippen LogP contribution in [0.5, 0.6) is 5.75 Å². The summed E-state index contributed by atoms with van der Waals surface area (Å²) in [5.41, 5.74) is 1.18. The van der Waals surface area contributed by atoms with Crippen molar-refractivity contribution in [2.45, 2.75) is 53.1 Å². The lowest BCUT2D eigenvalue weighted by atomic mass is 9.63. The Labute approximate surface area is 132 Å². The largest absolute Gasteiger partial charge is 0.507 e. The first kappa shape index (κ1) is 16.8.